The molecule has 1 aliphatic rings. The molecule has 1 N–H and O–H groups in total. The molecule has 0 bridgehead atoms. The molecule has 0 spiro atoms. The molecule has 0 saturated carbocycles. The minimum Gasteiger partial charge on any atom is -0.493 e. The van der Waals surface area contributed by atoms with E-state index in [1.807, 2.05) is 6.07 Å². The Labute approximate surface area is 108 Å². The van der Waals surface area contributed by atoms with Crippen molar-refractivity contribution in [3.8, 4) is 17.6 Å². The summed E-state index contributed by atoms with van der Waals surface area (Å²) in [6.07, 6.45) is 2.24. The number of nitrogens with one attached hydrogen (secondary N) is 1. The van der Waals surface area contributed by atoms with Crippen LogP contribution in [-0.4, -0.2) is 26.8 Å². The fourth-order valence-electron chi connectivity index (χ4n) is 2.16. The Balaban J connectivity index is 2.05. The molecule has 0 aliphatic carbocycles. The lowest BCUT2D eigenvalue weighted by Gasteiger charge is -2.23. The predicted molar refractivity (Wildman–Crippen MR) is 68.8 cm³/mol. The summed E-state index contributed by atoms with van der Waals surface area (Å²) in [5.41, 5.74) is 0.531. The van der Waals surface area contributed by atoms with Crippen LogP contribution in [0, 0.1) is 17.2 Å². The number of nitriles is 1. The van der Waals surface area contributed by atoms with Gasteiger partial charge in [-0.15, -0.1) is 0 Å². The molecule has 2 rings (SSSR count). The lowest BCUT2D eigenvalue weighted by molar-refractivity contribution is 0.208. The quantitative estimate of drug-likeness (QED) is 0.882. The number of nitrogens with zero attached hydrogens (tertiary/aromatic N) is 1. The van der Waals surface area contributed by atoms with Gasteiger partial charge >= 0.3 is 0 Å². The average Bonchev–Trinajstić information content (AvgIpc) is 2.45. The van der Waals surface area contributed by atoms with E-state index in [2.05, 4.69) is 11.4 Å². The highest BCUT2D eigenvalue weighted by Crippen LogP contribution is 2.31. The lowest BCUT2D eigenvalue weighted by atomic mass is 9.99. The number of para-hydroxylation sites is 1. The first-order valence-corrected chi connectivity index (χ1v) is 6.25. The van der Waals surface area contributed by atoms with Crippen LogP contribution in [0.1, 0.15) is 18.4 Å². The number of benzene rings is 1. The highest BCUT2D eigenvalue weighted by Gasteiger charge is 2.16. The predicted octanol–water partition coefficient (Wildman–Crippen LogP) is 1.95. The zero-order chi connectivity index (χ0) is 12.8. The zero-order valence-corrected chi connectivity index (χ0v) is 10.6. The van der Waals surface area contributed by atoms with E-state index >= 15 is 0 Å². The van der Waals surface area contributed by atoms with Crippen molar-refractivity contribution in [2.75, 3.05) is 26.8 Å². The van der Waals surface area contributed by atoms with Crippen molar-refractivity contribution >= 4 is 0 Å². The summed E-state index contributed by atoms with van der Waals surface area (Å²) in [6.45, 7) is 2.74. The second-order valence-corrected chi connectivity index (χ2v) is 4.45. The molecule has 0 unspecified atom stereocenters. The van der Waals surface area contributed by atoms with Crippen LogP contribution in [0.5, 0.6) is 11.5 Å². The van der Waals surface area contributed by atoms with Gasteiger partial charge in [0.2, 0.25) is 0 Å². The van der Waals surface area contributed by atoms with Crippen LogP contribution in [-0.2, 0) is 0 Å². The molecule has 1 aromatic carbocycles. The third-order valence-electron chi connectivity index (χ3n) is 3.24. The van der Waals surface area contributed by atoms with Crippen molar-refractivity contribution < 1.29 is 9.47 Å². The van der Waals surface area contributed by atoms with E-state index in [0.717, 1.165) is 25.9 Å². The van der Waals surface area contributed by atoms with Crippen LogP contribution in [0.3, 0.4) is 0 Å². The highest BCUT2D eigenvalue weighted by molar-refractivity contribution is 5.52. The summed E-state index contributed by atoms with van der Waals surface area (Å²) >= 11 is 0. The van der Waals surface area contributed by atoms with Crippen molar-refractivity contribution in [2.24, 2.45) is 5.92 Å². The third-order valence-corrected chi connectivity index (χ3v) is 3.24. The van der Waals surface area contributed by atoms with Crippen LogP contribution >= 0.6 is 0 Å². The smallest absolute Gasteiger partial charge is 0.178 e. The molecule has 1 heterocycles. The van der Waals surface area contributed by atoms with Crippen LogP contribution in [0.25, 0.3) is 0 Å². The minimum absolute atomic E-state index is 0.531. The number of hydrogen-bond donors (Lipinski definition) is 1. The van der Waals surface area contributed by atoms with E-state index in [1.54, 1.807) is 19.2 Å². The van der Waals surface area contributed by atoms with Gasteiger partial charge in [0.15, 0.2) is 11.5 Å². The monoisotopic (exact) mass is 246 g/mol. The zero-order valence-electron chi connectivity index (χ0n) is 10.6. The Morgan fingerprint density at radius 1 is 1.39 bits per heavy atom. The molecule has 4 nitrogen and oxygen atoms in total. The van der Waals surface area contributed by atoms with Crippen molar-refractivity contribution in [1.29, 1.82) is 5.26 Å². The second kappa shape index (κ2) is 6.27. The van der Waals surface area contributed by atoms with E-state index < -0.39 is 0 Å². The van der Waals surface area contributed by atoms with E-state index in [1.165, 1.54) is 0 Å². The Kier molecular flexibility index (Phi) is 4.43. The van der Waals surface area contributed by atoms with Crippen molar-refractivity contribution in [3.05, 3.63) is 23.8 Å². The molecule has 0 amide bonds. The van der Waals surface area contributed by atoms with Crippen molar-refractivity contribution in [2.45, 2.75) is 12.8 Å². The minimum atomic E-state index is 0.531. The maximum absolute atomic E-state index is 9.08. The molecular formula is C14H18N2O2. The summed E-state index contributed by atoms with van der Waals surface area (Å²) < 4.78 is 11.1. The number of ether oxygens (including phenoxy) is 2. The maximum atomic E-state index is 9.08. The van der Waals surface area contributed by atoms with Crippen molar-refractivity contribution in [3.63, 3.8) is 0 Å². The van der Waals surface area contributed by atoms with Crippen LogP contribution in [0.4, 0.5) is 0 Å². The first-order valence-electron chi connectivity index (χ1n) is 6.25. The van der Waals surface area contributed by atoms with Gasteiger partial charge in [0, 0.05) is 0 Å². The van der Waals surface area contributed by atoms with Gasteiger partial charge in [-0.05, 0) is 44.0 Å². The van der Waals surface area contributed by atoms with Gasteiger partial charge < -0.3 is 14.8 Å². The van der Waals surface area contributed by atoms with Gasteiger partial charge in [-0.25, -0.2) is 0 Å². The largest absolute Gasteiger partial charge is 0.493 e. The van der Waals surface area contributed by atoms with E-state index in [-0.39, 0.29) is 0 Å². The van der Waals surface area contributed by atoms with Gasteiger partial charge in [0.1, 0.15) is 6.07 Å². The molecule has 0 atom stereocenters. The topological polar surface area (TPSA) is 54.3 Å². The van der Waals surface area contributed by atoms with Crippen molar-refractivity contribution in [1.82, 2.24) is 5.32 Å². The van der Waals surface area contributed by atoms with Crippen LogP contribution in [0.15, 0.2) is 18.2 Å². The molecule has 1 aliphatic heterocycles. The van der Waals surface area contributed by atoms with Gasteiger partial charge in [0.25, 0.3) is 0 Å². The number of rotatable bonds is 4. The summed E-state index contributed by atoms with van der Waals surface area (Å²) in [6, 6.07) is 7.51. The highest BCUT2D eigenvalue weighted by atomic mass is 16.5. The van der Waals surface area contributed by atoms with Gasteiger partial charge in [0.05, 0.1) is 19.3 Å². The second-order valence-electron chi connectivity index (χ2n) is 4.45. The molecule has 1 fully saturated rings. The first-order chi connectivity index (χ1) is 8.85. The lowest BCUT2D eigenvalue weighted by Crippen LogP contribution is -2.30. The SMILES string of the molecule is COc1cccc(C#N)c1OCC1CCNCC1. The Hall–Kier alpha value is -1.73. The molecule has 0 radical (unpaired) electrons. The van der Waals surface area contributed by atoms with E-state index in [0.29, 0.717) is 29.6 Å². The molecule has 1 saturated heterocycles. The Morgan fingerprint density at radius 3 is 2.83 bits per heavy atom. The van der Waals surface area contributed by atoms with Crippen LogP contribution < -0.4 is 14.8 Å². The van der Waals surface area contributed by atoms with E-state index in [4.69, 9.17) is 14.7 Å². The summed E-state index contributed by atoms with van der Waals surface area (Å²) in [5, 5.41) is 12.4. The van der Waals surface area contributed by atoms with Gasteiger partial charge in [-0.1, -0.05) is 6.07 Å². The molecular weight excluding hydrogens is 228 g/mol. The number of piperidine rings is 1. The van der Waals surface area contributed by atoms with Gasteiger partial charge in [-0.2, -0.15) is 5.26 Å². The first kappa shape index (κ1) is 12.7. The van der Waals surface area contributed by atoms with Gasteiger partial charge in [-0.3, -0.25) is 0 Å². The van der Waals surface area contributed by atoms with E-state index in [9.17, 15) is 0 Å². The standard InChI is InChI=1S/C14H18N2O2/c1-17-13-4-2-3-12(9-15)14(13)18-10-11-5-7-16-8-6-11/h2-4,11,16H,5-8,10H2,1H3. The summed E-state index contributed by atoms with van der Waals surface area (Å²) in [7, 11) is 1.59. The maximum Gasteiger partial charge on any atom is 0.178 e. The molecule has 1 aromatic rings. The van der Waals surface area contributed by atoms with Crippen LogP contribution in [0.2, 0.25) is 0 Å². The molecule has 18 heavy (non-hydrogen) atoms. The average molecular weight is 246 g/mol. The third kappa shape index (κ3) is 2.93. The number of methoxy groups -OCH3 is 1. The normalized spacial score (nSPS) is 16.0. The fourth-order valence-corrected chi connectivity index (χ4v) is 2.16. The number of hydrogen-bond acceptors (Lipinski definition) is 4. The summed E-state index contributed by atoms with van der Waals surface area (Å²) in [4.78, 5) is 0. The molecule has 96 valence electrons. The molecule has 0 aromatic heterocycles. The Bertz CT molecular complexity index is 434. The molecule has 4 heteroatoms. The Morgan fingerprint density at radius 2 is 2.17 bits per heavy atom. The summed E-state index contributed by atoms with van der Waals surface area (Å²) in [5.74, 6) is 1.76. The fraction of sp³-hybridized carbons (Fsp3) is 0.500.